The second-order valence-corrected chi connectivity index (χ2v) is 4.70. The first-order valence-corrected chi connectivity index (χ1v) is 6.56. The number of halogens is 1. The van der Waals surface area contributed by atoms with E-state index >= 15 is 0 Å². The number of hydrogen-bond donors (Lipinski definition) is 1. The first kappa shape index (κ1) is 13.5. The number of ether oxygens (including phenoxy) is 1. The van der Waals surface area contributed by atoms with Crippen molar-refractivity contribution in [2.45, 2.75) is 6.61 Å². The van der Waals surface area contributed by atoms with E-state index in [-0.39, 0.29) is 12.4 Å². The van der Waals surface area contributed by atoms with Gasteiger partial charge in [-0.3, -0.25) is 0 Å². The molecule has 0 saturated carbocycles. The third-order valence-electron chi connectivity index (χ3n) is 3.38. The molecule has 0 saturated heterocycles. The van der Waals surface area contributed by atoms with Crippen LogP contribution in [0.1, 0.15) is 5.56 Å². The van der Waals surface area contributed by atoms with Crippen molar-refractivity contribution in [3.63, 3.8) is 0 Å². The number of aromatic nitrogens is 1. The second kappa shape index (κ2) is 5.50. The minimum absolute atomic E-state index is 0.161. The van der Waals surface area contributed by atoms with Gasteiger partial charge in [0.25, 0.3) is 0 Å². The Hall–Kier alpha value is -2.46. The van der Waals surface area contributed by atoms with Gasteiger partial charge in [0.05, 0.1) is 19.4 Å². The molecule has 106 valence electrons. The summed E-state index contributed by atoms with van der Waals surface area (Å²) in [6.45, 7) is -0.161. The summed E-state index contributed by atoms with van der Waals surface area (Å²) in [5.41, 5.74) is 2.54. The number of hydrogen-bond acceptors (Lipinski definition) is 3. The maximum Gasteiger partial charge on any atom is 0.145 e. The van der Waals surface area contributed by atoms with Crippen LogP contribution in [-0.2, 0) is 6.61 Å². The number of fused-ring (bicyclic) bond motifs is 1. The first-order valence-electron chi connectivity index (χ1n) is 6.56. The molecule has 0 atom stereocenters. The Morgan fingerprint density at radius 1 is 1.14 bits per heavy atom. The van der Waals surface area contributed by atoms with E-state index in [4.69, 9.17) is 4.74 Å². The third-order valence-corrected chi connectivity index (χ3v) is 3.38. The third kappa shape index (κ3) is 2.45. The fraction of sp³-hybridized carbons (Fsp3) is 0.118. The maximum atomic E-state index is 13.4. The fourth-order valence-corrected chi connectivity index (χ4v) is 2.39. The van der Waals surface area contributed by atoms with Crippen molar-refractivity contribution in [2.24, 2.45) is 0 Å². The van der Waals surface area contributed by atoms with Gasteiger partial charge >= 0.3 is 0 Å². The summed E-state index contributed by atoms with van der Waals surface area (Å²) in [7, 11) is 1.58. The van der Waals surface area contributed by atoms with Crippen LogP contribution in [0.2, 0.25) is 0 Å². The summed E-state index contributed by atoms with van der Waals surface area (Å²) >= 11 is 0. The zero-order valence-corrected chi connectivity index (χ0v) is 11.5. The Morgan fingerprint density at radius 3 is 2.67 bits per heavy atom. The molecule has 3 nitrogen and oxygen atoms in total. The Kier molecular flexibility index (Phi) is 3.54. The van der Waals surface area contributed by atoms with E-state index in [0.29, 0.717) is 28.1 Å². The molecule has 0 aliphatic heterocycles. The van der Waals surface area contributed by atoms with E-state index < -0.39 is 0 Å². The molecule has 0 bridgehead atoms. The number of para-hydroxylation sites is 1. The van der Waals surface area contributed by atoms with Crippen molar-refractivity contribution in [2.75, 3.05) is 7.11 Å². The molecule has 4 heteroatoms. The molecule has 0 aliphatic carbocycles. The molecule has 3 rings (SSSR count). The van der Waals surface area contributed by atoms with Crippen LogP contribution in [0, 0.1) is 5.82 Å². The summed E-state index contributed by atoms with van der Waals surface area (Å²) in [6.07, 6.45) is 0. The summed E-state index contributed by atoms with van der Waals surface area (Å²) in [6, 6.07) is 13.6. The lowest BCUT2D eigenvalue weighted by atomic mass is 10.0. The molecule has 0 amide bonds. The molecular weight excluding hydrogens is 269 g/mol. The van der Waals surface area contributed by atoms with Crippen LogP contribution >= 0.6 is 0 Å². The summed E-state index contributed by atoms with van der Waals surface area (Å²) in [4.78, 5) is 4.58. The summed E-state index contributed by atoms with van der Waals surface area (Å²) in [5, 5.41) is 10.4. The van der Waals surface area contributed by atoms with Crippen LogP contribution in [0.3, 0.4) is 0 Å². The van der Waals surface area contributed by atoms with Gasteiger partial charge in [-0.25, -0.2) is 9.37 Å². The Labute approximate surface area is 121 Å². The van der Waals surface area contributed by atoms with Gasteiger partial charge in [-0.2, -0.15) is 0 Å². The van der Waals surface area contributed by atoms with E-state index in [2.05, 4.69) is 4.98 Å². The Balaban J connectivity index is 2.30. The van der Waals surface area contributed by atoms with Crippen molar-refractivity contribution >= 4 is 10.9 Å². The van der Waals surface area contributed by atoms with Crippen molar-refractivity contribution < 1.29 is 14.2 Å². The largest absolute Gasteiger partial charge is 0.494 e. The van der Waals surface area contributed by atoms with E-state index in [1.54, 1.807) is 19.2 Å². The topological polar surface area (TPSA) is 42.4 Å². The predicted octanol–water partition coefficient (Wildman–Crippen LogP) is 3.54. The predicted molar refractivity (Wildman–Crippen MR) is 79.6 cm³/mol. The van der Waals surface area contributed by atoms with Gasteiger partial charge in [0.15, 0.2) is 0 Å². The average Bonchev–Trinajstić information content (AvgIpc) is 2.52. The molecule has 1 N–H and O–H groups in total. The van der Waals surface area contributed by atoms with E-state index in [1.165, 1.54) is 12.1 Å². The molecule has 1 aromatic heterocycles. The van der Waals surface area contributed by atoms with Crippen molar-refractivity contribution in [3.8, 4) is 17.0 Å². The summed E-state index contributed by atoms with van der Waals surface area (Å²) < 4.78 is 18.7. The van der Waals surface area contributed by atoms with Gasteiger partial charge in [0.2, 0.25) is 0 Å². The van der Waals surface area contributed by atoms with Crippen LogP contribution in [0.4, 0.5) is 4.39 Å². The lowest BCUT2D eigenvalue weighted by Crippen LogP contribution is -1.96. The molecule has 1 heterocycles. The molecule has 0 radical (unpaired) electrons. The van der Waals surface area contributed by atoms with Crippen molar-refractivity contribution in [1.82, 2.24) is 4.98 Å². The average molecular weight is 283 g/mol. The number of aliphatic hydroxyl groups is 1. The molecule has 2 aromatic carbocycles. The molecule has 0 spiro atoms. The quantitative estimate of drug-likeness (QED) is 0.799. The molecule has 0 aliphatic rings. The zero-order valence-electron chi connectivity index (χ0n) is 11.5. The highest BCUT2D eigenvalue weighted by molar-refractivity contribution is 5.88. The van der Waals surface area contributed by atoms with E-state index in [1.807, 2.05) is 24.3 Å². The lowest BCUT2D eigenvalue weighted by Gasteiger charge is -2.11. The molecule has 0 unspecified atom stereocenters. The highest BCUT2D eigenvalue weighted by atomic mass is 19.1. The van der Waals surface area contributed by atoms with Gasteiger partial charge < -0.3 is 9.84 Å². The number of rotatable bonds is 3. The van der Waals surface area contributed by atoms with Gasteiger partial charge in [0, 0.05) is 16.5 Å². The van der Waals surface area contributed by atoms with Crippen LogP contribution < -0.4 is 4.74 Å². The van der Waals surface area contributed by atoms with Crippen molar-refractivity contribution in [1.29, 1.82) is 0 Å². The lowest BCUT2D eigenvalue weighted by molar-refractivity contribution is 0.282. The Morgan fingerprint density at radius 2 is 1.95 bits per heavy atom. The smallest absolute Gasteiger partial charge is 0.145 e. The summed E-state index contributed by atoms with van der Waals surface area (Å²) in [5.74, 6) is 0.313. The minimum Gasteiger partial charge on any atom is -0.494 e. The second-order valence-electron chi connectivity index (χ2n) is 4.70. The molecule has 3 aromatic rings. The molecular formula is C17H14FNO2. The first-order chi connectivity index (χ1) is 10.2. The fourth-order valence-electron chi connectivity index (χ4n) is 2.39. The SMILES string of the molecule is COc1cccc2cc(CO)c(-c3cccc(F)c3)nc12. The monoisotopic (exact) mass is 283 g/mol. The highest BCUT2D eigenvalue weighted by Crippen LogP contribution is 2.30. The number of nitrogens with zero attached hydrogens (tertiary/aromatic N) is 1. The van der Waals surface area contributed by atoms with E-state index in [0.717, 1.165) is 5.39 Å². The molecule has 21 heavy (non-hydrogen) atoms. The standard InChI is InChI=1S/C17H14FNO2/c1-21-15-7-3-5-11-8-13(10-20)16(19-17(11)15)12-4-2-6-14(18)9-12/h2-9,20H,10H2,1H3. The van der Waals surface area contributed by atoms with Crippen molar-refractivity contribution in [3.05, 3.63) is 59.9 Å². The van der Waals surface area contributed by atoms with Crippen LogP contribution in [-0.4, -0.2) is 17.2 Å². The van der Waals surface area contributed by atoms with Gasteiger partial charge in [-0.1, -0.05) is 24.3 Å². The number of methoxy groups -OCH3 is 1. The zero-order chi connectivity index (χ0) is 14.8. The normalized spacial score (nSPS) is 10.8. The van der Waals surface area contributed by atoms with Crippen LogP contribution in [0.5, 0.6) is 5.75 Å². The number of aliphatic hydroxyl groups excluding tert-OH is 1. The van der Waals surface area contributed by atoms with Crippen LogP contribution in [0.15, 0.2) is 48.5 Å². The molecule has 0 fully saturated rings. The van der Waals surface area contributed by atoms with Gasteiger partial charge in [-0.05, 0) is 24.3 Å². The number of benzene rings is 2. The van der Waals surface area contributed by atoms with Gasteiger partial charge in [-0.15, -0.1) is 0 Å². The Bertz CT molecular complexity index is 802. The van der Waals surface area contributed by atoms with Crippen LogP contribution in [0.25, 0.3) is 22.2 Å². The number of pyridine rings is 1. The maximum absolute atomic E-state index is 13.4. The minimum atomic E-state index is -0.335. The van der Waals surface area contributed by atoms with E-state index in [9.17, 15) is 9.50 Å². The highest BCUT2D eigenvalue weighted by Gasteiger charge is 2.11. The van der Waals surface area contributed by atoms with Gasteiger partial charge in [0.1, 0.15) is 17.1 Å².